The van der Waals surface area contributed by atoms with Crippen LogP contribution in [-0.4, -0.2) is 46.8 Å². The summed E-state index contributed by atoms with van der Waals surface area (Å²) in [6, 6.07) is 0. The fraction of sp³-hybridized carbons (Fsp3) is 0.917. The lowest BCUT2D eigenvalue weighted by molar-refractivity contribution is -0.132. The molecular formula is C12H25N3O3S. The van der Waals surface area contributed by atoms with Crippen LogP contribution in [0.15, 0.2) is 0 Å². The topological polar surface area (TPSA) is 87.3 Å². The van der Waals surface area contributed by atoms with E-state index in [4.69, 9.17) is 0 Å². The summed E-state index contributed by atoms with van der Waals surface area (Å²) in [6.07, 6.45) is 4.51. The van der Waals surface area contributed by atoms with Crippen molar-refractivity contribution in [3.8, 4) is 0 Å². The van der Waals surface area contributed by atoms with Crippen molar-refractivity contribution in [2.45, 2.75) is 32.6 Å². The Bertz CT molecular complexity index is 389. The molecule has 1 atom stereocenters. The van der Waals surface area contributed by atoms with E-state index in [0.717, 1.165) is 38.6 Å². The van der Waals surface area contributed by atoms with Crippen molar-refractivity contribution in [2.75, 3.05) is 32.4 Å². The van der Waals surface area contributed by atoms with Crippen LogP contribution in [0.3, 0.4) is 0 Å². The lowest BCUT2D eigenvalue weighted by Gasteiger charge is -2.35. The summed E-state index contributed by atoms with van der Waals surface area (Å²) >= 11 is 0. The number of hydrogen-bond donors (Lipinski definition) is 3. The van der Waals surface area contributed by atoms with Crippen molar-refractivity contribution in [3.63, 3.8) is 0 Å². The molecule has 0 aliphatic carbocycles. The van der Waals surface area contributed by atoms with Crippen molar-refractivity contribution in [1.82, 2.24) is 15.4 Å². The summed E-state index contributed by atoms with van der Waals surface area (Å²) in [5.41, 5.74) is -0.289. The Morgan fingerprint density at radius 3 is 2.63 bits per heavy atom. The van der Waals surface area contributed by atoms with Crippen molar-refractivity contribution < 1.29 is 13.2 Å². The van der Waals surface area contributed by atoms with Crippen LogP contribution in [0, 0.1) is 5.41 Å². The lowest BCUT2D eigenvalue weighted by atomic mass is 9.77. The van der Waals surface area contributed by atoms with Crippen LogP contribution in [0.25, 0.3) is 0 Å². The van der Waals surface area contributed by atoms with Gasteiger partial charge in [0.2, 0.25) is 15.9 Å². The van der Waals surface area contributed by atoms with Gasteiger partial charge >= 0.3 is 0 Å². The van der Waals surface area contributed by atoms with Gasteiger partial charge in [0.15, 0.2) is 0 Å². The maximum atomic E-state index is 12.2. The zero-order valence-electron chi connectivity index (χ0n) is 11.8. The highest BCUT2D eigenvalue weighted by Crippen LogP contribution is 2.30. The number of carbonyl (C=O) groups excluding carboxylic acids is 1. The second-order valence-electron chi connectivity index (χ2n) is 5.19. The molecule has 1 saturated heterocycles. The third-order valence-electron chi connectivity index (χ3n) is 3.63. The van der Waals surface area contributed by atoms with E-state index in [1.54, 1.807) is 0 Å². The molecule has 1 fully saturated rings. The van der Waals surface area contributed by atoms with Crippen LogP contribution >= 0.6 is 0 Å². The van der Waals surface area contributed by atoms with Crippen LogP contribution in [0.5, 0.6) is 0 Å². The Morgan fingerprint density at radius 2 is 2.11 bits per heavy atom. The van der Waals surface area contributed by atoms with Gasteiger partial charge in [-0.2, -0.15) is 0 Å². The first-order valence-electron chi connectivity index (χ1n) is 6.83. The number of carbonyl (C=O) groups is 1. The summed E-state index contributed by atoms with van der Waals surface area (Å²) in [5.74, 6) is 0.0848. The van der Waals surface area contributed by atoms with Crippen LogP contribution < -0.4 is 15.4 Å². The van der Waals surface area contributed by atoms with Gasteiger partial charge in [-0.3, -0.25) is 4.79 Å². The zero-order chi connectivity index (χ0) is 14.4. The fourth-order valence-corrected chi connectivity index (χ4v) is 2.87. The number of amides is 1. The molecule has 0 spiro atoms. The summed E-state index contributed by atoms with van der Waals surface area (Å²) in [7, 11) is -3.13. The smallest absolute Gasteiger partial charge is 0.227 e. The summed E-state index contributed by atoms with van der Waals surface area (Å²) in [6.45, 7) is 4.61. The number of rotatable bonds is 7. The van der Waals surface area contributed by atoms with E-state index in [1.807, 2.05) is 6.92 Å². The molecule has 19 heavy (non-hydrogen) atoms. The molecule has 0 saturated carbocycles. The van der Waals surface area contributed by atoms with Gasteiger partial charge in [0.05, 0.1) is 11.7 Å². The number of piperidine rings is 1. The van der Waals surface area contributed by atoms with Gasteiger partial charge in [-0.05, 0) is 32.2 Å². The highest BCUT2D eigenvalue weighted by atomic mass is 32.2. The summed E-state index contributed by atoms with van der Waals surface area (Å²) < 4.78 is 24.1. The standard InChI is InChI=1S/C12H25N3O3S/c1-3-12(6-4-7-13-10-12)11(16)14-8-5-9-15-19(2,17)18/h13,15H,3-10H2,1-2H3,(H,14,16). The number of nitrogens with one attached hydrogen (secondary N) is 3. The molecule has 3 N–H and O–H groups in total. The fourth-order valence-electron chi connectivity index (χ4n) is 2.36. The van der Waals surface area contributed by atoms with Crippen molar-refractivity contribution >= 4 is 15.9 Å². The van der Waals surface area contributed by atoms with Gasteiger partial charge in [-0.1, -0.05) is 6.92 Å². The minimum absolute atomic E-state index is 0.0848. The van der Waals surface area contributed by atoms with Gasteiger partial charge < -0.3 is 10.6 Å². The van der Waals surface area contributed by atoms with E-state index in [1.165, 1.54) is 0 Å². The largest absolute Gasteiger partial charge is 0.356 e. The molecule has 6 nitrogen and oxygen atoms in total. The predicted molar refractivity (Wildman–Crippen MR) is 75.3 cm³/mol. The highest BCUT2D eigenvalue weighted by Gasteiger charge is 2.37. The maximum absolute atomic E-state index is 12.2. The monoisotopic (exact) mass is 291 g/mol. The first-order chi connectivity index (χ1) is 8.90. The second kappa shape index (κ2) is 7.21. The normalized spacial score (nSPS) is 24.1. The van der Waals surface area contributed by atoms with E-state index in [0.29, 0.717) is 19.5 Å². The van der Waals surface area contributed by atoms with E-state index in [2.05, 4.69) is 15.4 Å². The minimum Gasteiger partial charge on any atom is -0.356 e. The average Bonchev–Trinajstić information content (AvgIpc) is 2.37. The van der Waals surface area contributed by atoms with Gasteiger partial charge in [-0.15, -0.1) is 0 Å². The minimum atomic E-state index is -3.13. The molecule has 0 bridgehead atoms. The third kappa shape index (κ3) is 5.46. The molecule has 0 aromatic carbocycles. The Balaban J connectivity index is 2.29. The van der Waals surface area contributed by atoms with Gasteiger partial charge in [0, 0.05) is 19.6 Å². The SMILES string of the molecule is CCC1(C(=O)NCCCNS(C)(=O)=O)CCCNC1. The number of hydrogen-bond acceptors (Lipinski definition) is 4. The first-order valence-corrected chi connectivity index (χ1v) is 8.72. The number of sulfonamides is 1. The Labute approximate surface area is 115 Å². The maximum Gasteiger partial charge on any atom is 0.227 e. The van der Waals surface area contributed by atoms with Crippen LogP contribution in [0.4, 0.5) is 0 Å². The molecule has 1 rings (SSSR count). The van der Waals surface area contributed by atoms with E-state index < -0.39 is 10.0 Å². The summed E-state index contributed by atoms with van der Waals surface area (Å²) in [4.78, 5) is 12.2. The molecule has 1 heterocycles. The van der Waals surface area contributed by atoms with E-state index in [9.17, 15) is 13.2 Å². The van der Waals surface area contributed by atoms with E-state index >= 15 is 0 Å². The van der Waals surface area contributed by atoms with Crippen molar-refractivity contribution in [1.29, 1.82) is 0 Å². The Hall–Kier alpha value is -0.660. The molecule has 1 aliphatic heterocycles. The van der Waals surface area contributed by atoms with Crippen LogP contribution in [-0.2, 0) is 14.8 Å². The van der Waals surface area contributed by atoms with Crippen molar-refractivity contribution in [3.05, 3.63) is 0 Å². The molecule has 0 radical (unpaired) electrons. The quantitative estimate of drug-likeness (QED) is 0.568. The van der Waals surface area contributed by atoms with Crippen LogP contribution in [0.1, 0.15) is 32.6 Å². The molecule has 0 aromatic rings. The molecule has 1 amide bonds. The first kappa shape index (κ1) is 16.4. The molecule has 112 valence electrons. The van der Waals surface area contributed by atoms with E-state index in [-0.39, 0.29) is 11.3 Å². The zero-order valence-corrected chi connectivity index (χ0v) is 12.6. The highest BCUT2D eigenvalue weighted by molar-refractivity contribution is 7.88. The molecule has 1 unspecified atom stereocenters. The molecule has 1 aliphatic rings. The van der Waals surface area contributed by atoms with Gasteiger partial charge in [-0.25, -0.2) is 13.1 Å². The average molecular weight is 291 g/mol. The molecule has 0 aromatic heterocycles. The summed E-state index contributed by atoms with van der Waals surface area (Å²) in [5, 5.41) is 6.19. The Morgan fingerprint density at radius 1 is 1.37 bits per heavy atom. The third-order valence-corrected chi connectivity index (χ3v) is 4.36. The predicted octanol–water partition coefficient (Wildman–Crippen LogP) is -0.178. The Kier molecular flexibility index (Phi) is 6.22. The lowest BCUT2D eigenvalue weighted by Crippen LogP contribution is -2.50. The van der Waals surface area contributed by atoms with Crippen molar-refractivity contribution in [2.24, 2.45) is 5.41 Å². The van der Waals surface area contributed by atoms with Gasteiger partial charge in [0.25, 0.3) is 0 Å². The molecular weight excluding hydrogens is 266 g/mol. The second-order valence-corrected chi connectivity index (χ2v) is 7.02. The van der Waals surface area contributed by atoms with Crippen LogP contribution in [0.2, 0.25) is 0 Å². The van der Waals surface area contributed by atoms with Gasteiger partial charge in [0.1, 0.15) is 0 Å². The molecule has 7 heteroatoms.